The number of rotatable bonds is 3. The first-order valence-electron chi connectivity index (χ1n) is 5.51. The van der Waals surface area contributed by atoms with Crippen molar-refractivity contribution in [3.05, 3.63) is 35.0 Å². The Hall–Kier alpha value is -1.28. The van der Waals surface area contributed by atoms with E-state index in [1.807, 2.05) is 25.3 Å². The summed E-state index contributed by atoms with van der Waals surface area (Å²) in [6.07, 6.45) is 2.89. The fourth-order valence-corrected chi connectivity index (χ4v) is 2.14. The number of anilines is 1. The number of nitrogens with one attached hydrogen (secondary N) is 1. The molecule has 0 saturated heterocycles. The number of hydrogen-bond acceptors (Lipinski definition) is 2. The second-order valence-electron chi connectivity index (χ2n) is 3.88. The zero-order valence-electron chi connectivity index (χ0n) is 9.55. The van der Waals surface area contributed by atoms with Crippen LogP contribution in [0.2, 0.25) is 5.02 Å². The molecule has 1 aromatic heterocycles. The number of hydrogen-bond donors (Lipinski definition) is 1. The number of fused-ring (bicyclic) bond motifs is 1. The van der Waals surface area contributed by atoms with E-state index >= 15 is 0 Å². The SMILES string of the molecule is CCCNc1c(Cl)cc(C)c2ncccc12. The maximum absolute atomic E-state index is 6.25. The summed E-state index contributed by atoms with van der Waals surface area (Å²) in [7, 11) is 0. The molecule has 0 atom stereocenters. The van der Waals surface area contributed by atoms with Gasteiger partial charge in [-0.3, -0.25) is 4.98 Å². The Morgan fingerprint density at radius 2 is 2.25 bits per heavy atom. The Bertz CT molecular complexity index is 509. The Kier molecular flexibility index (Phi) is 3.30. The highest BCUT2D eigenvalue weighted by molar-refractivity contribution is 6.35. The predicted molar refractivity (Wildman–Crippen MR) is 70.3 cm³/mol. The van der Waals surface area contributed by atoms with Gasteiger partial charge in [-0.25, -0.2) is 0 Å². The Morgan fingerprint density at radius 1 is 1.44 bits per heavy atom. The smallest absolute Gasteiger partial charge is 0.0752 e. The van der Waals surface area contributed by atoms with Gasteiger partial charge in [-0.1, -0.05) is 18.5 Å². The molecule has 1 aromatic carbocycles. The zero-order valence-corrected chi connectivity index (χ0v) is 10.3. The molecule has 2 rings (SSSR count). The van der Waals surface area contributed by atoms with Crippen molar-refractivity contribution in [2.24, 2.45) is 0 Å². The normalized spacial score (nSPS) is 10.7. The topological polar surface area (TPSA) is 24.9 Å². The van der Waals surface area contributed by atoms with Gasteiger partial charge in [0.2, 0.25) is 0 Å². The standard InChI is InChI=1S/C13H15ClN2/c1-3-6-15-13-10-5-4-7-16-12(10)9(2)8-11(13)14/h4-5,7-8,15H,3,6H2,1-2H3. The van der Waals surface area contributed by atoms with Crippen molar-refractivity contribution in [3.63, 3.8) is 0 Å². The lowest BCUT2D eigenvalue weighted by Gasteiger charge is -2.12. The summed E-state index contributed by atoms with van der Waals surface area (Å²) < 4.78 is 0. The minimum Gasteiger partial charge on any atom is -0.383 e. The Labute approximate surface area is 101 Å². The molecule has 0 aliphatic rings. The first kappa shape index (κ1) is 11.2. The lowest BCUT2D eigenvalue weighted by atomic mass is 10.1. The number of aryl methyl sites for hydroxylation is 1. The molecule has 2 nitrogen and oxygen atoms in total. The van der Waals surface area contributed by atoms with Crippen LogP contribution in [0.4, 0.5) is 5.69 Å². The number of benzene rings is 1. The molecule has 3 heteroatoms. The van der Waals surface area contributed by atoms with Gasteiger partial charge in [0, 0.05) is 18.1 Å². The third-order valence-electron chi connectivity index (χ3n) is 2.58. The molecule has 0 saturated carbocycles. The van der Waals surface area contributed by atoms with E-state index in [0.717, 1.165) is 40.1 Å². The van der Waals surface area contributed by atoms with Crippen LogP contribution in [0.5, 0.6) is 0 Å². The molecule has 0 aliphatic carbocycles. The number of pyridine rings is 1. The van der Waals surface area contributed by atoms with Gasteiger partial charge in [-0.05, 0) is 37.1 Å². The van der Waals surface area contributed by atoms with Gasteiger partial charge < -0.3 is 5.32 Å². The maximum Gasteiger partial charge on any atom is 0.0752 e. The molecule has 0 bridgehead atoms. The minimum atomic E-state index is 0.770. The lowest BCUT2D eigenvalue weighted by molar-refractivity contribution is 0.981. The van der Waals surface area contributed by atoms with E-state index in [2.05, 4.69) is 23.3 Å². The Morgan fingerprint density at radius 3 is 3.00 bits per heavy atom. The van der Waals surface area contributed by atoms with E-state index in [4.69, 9.17) is 11.6 Å². The summed E-state index contributed by atoms with van der Waals surface area (Å²) in [6.45, 7) is 5.09. The molecule has 1 N–H and O–H groups in total. The van der Waals surface area contributed by atoms with Crippen LogP contribution in [-0.2, 0) is 0 Å². The van der Waals surface area contributed by atoms with Crippen LogP contribution in [0.3, 0.4) is 0 Å². The van der Waals surface area contributed by atoms with Crippen molar-refractivity contribution in [3.8, 4) is 0 Å². The maximum atomic E-state index is 6.25. The lowest BCUT2D eigenvalue weighted by Crippen LogP contribution is -2.02. The van der Waals surface area contributed by atoms with Gasteiger partial charge in [-0.2, -0.15) is 0 Å². The number of aromatic nitrogens is 1. The van der Waals surface area contributed by atoms with E-state index in [0.29, 0.717) is 0 Å². The van der Waals surface area contributed by atoms with Crippen LogP contribution in [0, 0.1) is 6.92 Å². The zero-order chi connectivity index (χ0) is 11.5. The summed E-state index contributed by atoms with van der Waals surface area (Å²) >= 11 is 6.25. The summed E-state index contributed by atoms with van der Waals surface area (Å²) in [6, 6.07) is 5.96. The van der Waals surface area contributed by atoms with Gasteiger partial charge >= 0.3 is 0 Å². The van der Waals surface area contributed by atoms with Gasteiger partial charge in [0.15, 0.2) is 0 Å². The van der Waals surface area contributed by atoms with Crippen molar-refractivity contribution in [2.75, 3.05) is 11.9 Å². The first-order valence-corrected chi connectivity index (χ1v) is 5.89. The molecule has 0 spiro atoms. The predicted octanol–water partition coefficient (Wildman–Crippen LogP) is 4.02. The van der Waals surface area contributed by atoms with Crippen molar-refractivity contribution < 1.29 is 0 Å². The highest BCUT2D eigenvalue weighted by Crippen LogP contribution is 2.32. The molecule has 0 aliphatic heterocycles. The molecule has 0 radical (unpaired) electrons. The average molecular weight is 235 g/mol. The van der Waals surface area contributed by atoms with Crippen LogP contribution < -0.4 is 5.32 Å². The van der Waals surface area contributed by atoms with Gasteiger partial charge in [0.05, 0.1) is 16.2 Å². The van der Waals surface area contributed by atoms with E-state index in [1.165, 1.54) is 0 Å². The van der Waals surface area contributed by atoms with Crippen molar-refractivity contribution in [2.45, 2.75) is 20.3 Å². The second kappa shape index (κ2) is 4.71. The van der Waals surface area contributed by atoms with Crippen LogP contribution in [0.15, 0.2) is 24.4 Å². The molecule has 1 heterocycles. The van der Waals surface area contributed by atoms with Crippen LogP contribution in [-0.4, -0.2) is 11.5 Å². The first-order chi connectivity index (χ1) is 7.74. The van der Waals surface area contributed by atoms with Crippen molar-refractivity contribution in [1.82, 2.24) is 4.98 Å². The fraction of sp³-hybridized carbons (Fsp3) is 0.308. The molecule has 16 heavy (non-hydrogen) atoms. The van der Waals surface area contributed by atoms with Crippen molar-refractivity contribution >= 4 is 28.2 Å². The molecule has 84 valence electrons. The van der Waals surface area contributed by atoms with Gasteiger partial charge in [0.25, 0.3) is 0 Å². The second-order valence-corrected chi connectivity index (χ2v) is 4.28. The number of nitrogens with zero attached hydrogens (tertiary/aromatic N) is 1. The quantitative estimate of drug-likeness (QED) is 0.868. The third-order valence-corrected chi connectivity index (χ3v) is 2.88. The molecular weight excluding hydrogens is 220 g/mol. The summed E-state index contributed by atoms with van der Waals surface area (Å²) in [5.74, 6) is 0. The third kappa shape index (κ3) is 1.98. The van der Waals surface area contributed by atoms with Gasteiger partial charge in [-0.15, -0.1) is 0 Å². The highest BCUT2D eigenvalue weighted by atomic mass is 35.5. The minimum absolute atomic E-state index is 0.770. The Balaban J connectivity index is 2.61. The monoisotopic (exact) mass is 234 g/mol. The molecule has 0 fully saturated rings. The molecule has 2 aromatic rings. The van der Waals surface area contributed by atoms with E-state index in [1.54, 1.807) is 0 Å². The average Bonchev–Trinajstić information content (AvgIpc) is 2.29. The van der Waals surface area contributed by atoms with Gasteiger partial charge in [0.1, 0.15) is 0 Å². The van der Waals surface area contributed by atoms with E-state index < -0.39 is 0 Å². The van der Waals surface area contributed by atoms with Crippen LogP contribution in [0.1, 0.15) is 18.9 Å². The fourth-order valence-electron chi connectivity index (χ4n) is 1.81. The summed E-state index contributed by atoms with van der Waals surface area (Å²) in [5.41, 5.74) is 3.13. The summed E-state index contributed by atoms with van der Waals surface area (Å²) in [5, 5.41) is 5.23. The number of halogens is 1. The van der Waals surface area contributed by atoms with E-state index in [9.17, 15) is 0 Å². The van der Waals surface area contributed by atoms with Crippen molar-refractivity contribution in [1.29, 1.82) is 0 Å². The largest absolute Gasteiger partial charge is 0.383 e. The highest BCUT2D eigenvalue weighted by Gasteiger charge is 2.08. The van der Waals surface area contributed by atoms with Crippen LogP contribution >= 0.6 is 11.6 Å². The van der Waals surface area contributed by atoms with E-state index in [-0.39, 0.29) is 0 Å². The molecule has 0 amide bonds. The molecule has 0 unspecified atom stereocenters. The summed E-state index contributed by atoms with van der Waals surface area (Å²) in [4.78, 5) is 4.39. The molecular formula is C13H15ClN2. The van der Waals surface area contributed by atoms with Crippen LogP contribution in [0.25, 0.3) is 10.9 Å².